The molecule has 0 saturated carbocycles. The molecule has 0 radical (unpaired) electrons. The number of Topliss-reactive ketones (excluding diaryl/α,β-unsaturated/α-hetero) is 1. The molecule has 4 aromatic carbocycles. The Balaban J connectivity index is 1.52. The van der Waals surface area contributed by atoms with Gasteiger partial charge in [-0.1, -0.05) is 48.5 Å². The lowest BCUT2D eigenvalue weighted by Gasteiger charge is -2.37. The fourth-order valence-electron chi connectivity index (χ4n) is 5.82. The molecule has 4 aromatic rings. The highest BCUT2D eigenvalue weighted by molar-refractivity contribution is 6.52. The SMILES string of the molecule is CC1(C)N=c2/c(=C3\C(=O)C(c4ccc5cccc6c5c4NC(C)(C)N6)=C3O)ccc3cccc(c23)N1. The van der Waals surface area contributed by atoms with Crippen molar-refractivity contribution in [2.45, 2.75) is 39.0 Å². The molecule has 0 fully saturated rings. The zero-order valence-electron chi connectivity index (χ0n) is 20.6. The highest BCUT2D eigenvalue weighted by Gasteiger charge is 2.39. The first-order valence-electron chi connectivity index (χ1n) is 12.2. The summed E-state index contributed by atoms with van der Waals surface area (Å²) in [5, 5.41) is 27.4. The number of carbonyl (C=O) groups excluding carboxylic acids is 1. The third-order valence-electron chi connectivity index (χ3n) is 7.25. The number of nitrogens with one attached hydrogen (secondary N) is 3. The molecule has 0 unspecified atom stereocenters. The summed E-state index contributed by atoms with van der Waals surface area (Å²) >= 11 is 0. The first-order chi connectivity index (χ1) is 17.1. The number of rotatable bonds is 1. The quantitative estimate of drug-likeness (QED) is 0.310. The minimum Gasteiger partial charge on any atom is -0.506 e. The third kappa shape index (κ3) is 2.78. The highest BCUT2D eigenvalue weighted by Crippen LogP contribution is 2.46. The zero-order valence-corrected chi connectivity index (χ0v) is 20.6. The normalized spacial score (nSPS) is 20.3. The number of carbonyl (C=O) groups is 1. The summed E-state index contributed by atoms with van der Waals surface area (Å²) in [5.74, 6) is -0.149. The van der Waals surface area contributed by atoms with Crippen LogP contribution in [0.5, 0.6) is 0 Å². The van der Waals surface area contributed by atoms with E-state index in [1.165, 1.54) is 0 Å². The molecule has 0 atom stereocenters. The fourth-order valence-corrected chi connectivity index (χ4v) is 5.82. The van der Waals surface area contributed by atoms with E-state index in [4.69, 9.17) is 4.99 Å². The Morgan fingerprint density at radius 1 is 0.750 bits per heavy atom. The monoisotopic (exact) mass is 474 g/mol. The van der Waals surface area contributed by atoms with E-state index in [1.54, 1.807) is 0 Å². The minimum absolute atomic E-state index is 0.0193. The van der Waals surface area contributed by atoms with E-state index in [2.05, 4.69) is 35.9 Å². The average molecular weight is 475 g/mol. The number of hydrogen-bond acceptors (Lipinski definition) is 6. The van der Waals surface area contributed by atoms with Gasteiger partial charge in [0, 0.05) is 32.9 Å². The van der Waals surface area contributed by atoms with Gasteiger partial charge in [0.25, 0.3) is 0 Å². The van der Waals surface area contributed by atoms with Crippen molar-refractivity contribution in [3.8, 4) is 0 Å². The van der Waals surface area contributed by atoms with Gasteiger partial charge in [-0.2, -0.15) is 0 Å². The van der Waals surface area contributed by atoms with Crippen LogP contribution in [0.2, 0.25) is 0 Å². The minimum atomic E-state index is -0.533. The molecule has 6 nitrogen and oxygen atoms in total. The maximum Gasteiger partial charge on any atom is 0.201 e. The maximum atomic E-state index is 13.8. The molecular weight excluding hydrogens is 448 g/mol. The Labute approximate surface area is 208 Å². The van der Waals surface area contributed by atoms with E-state index in [0.717, 1.165) is 44.0 Å². The van der Waals surface area contributed by atoms with Gasteiger partial charge in [0.2, 0.25) is 5.78 Å². The van der Waals surface area contributed by atoms with Crippen LogP contribution in [0, 0.1) is 0 Å². The lowest BCUT2D eigenvalue weighted by Crippen LogP contribution is -2.43. The summed E-state index contributed by atoms with van der Waals surface area (Å²) in [6.45, 7) is 8.10. The van der Waals surface area contributed by atoms with Crippen molar-refractivity contribution in [2.24, 2.45) is 4.99 Å². The van der Waals surface area contributed by atoms with Gasteiger partial charge in [-0.25, -0.2) is 0 Å². The Hall–Kier alpha value is -4.32. The van der Waals surface area contributed by atoms with Gasteiger partial charge in [-0.15, -0.1) is 0 Å². The largest absolute Gasteiger partial charge is 0.506 e. The molecule has 0 aromatic heterocycles. The molecule has 36 heavy (non-hydrogen) atoms. The summed E-state index contributed by atoms with van der Waals surface area (Å²) in [6.07, 6.45) is 0. The molecule has 0 saturated heterocycles. The topological polar surface area (TPSA) is 85.8 Å². The molecule has 4 N–H and O–H groups in total. The lowest BCUT2D eigenvalue weighted by atomic mass is 9.80. The van der Waals surface area contributed by atoms with Gasteiger partial charge >= 0.3 is 0 Å². The van der Waals surface area contributed by atoms with E-state index in [1.807, 2.05) is 68.4 Å². The summed E-state index contributed by atoms with van der Waals surface area (Å²) < 4.78 is 0. The molecule has 0 bridgehead atoms. The average Bonchev–Trinajstić information content (AvgIpc) is 2.81. The smallest absolute Gasteiger partial charge is 0.201 e. The number of hydrogen-bond donors (Lipinski definition) is 4. The first kappa shape index (κ1) is 21.0. The zero-order chi connectivity index (χ0) is 25.0. The van der Waals surface area contributed by atoms with Gasteiger partial charge in [0.05, 0.1) is 22.2 Å². The summed E-state index contributed by atoms with van der Waals surface area (Å²) in [4.78, 5) is 18.7. The summed E-state index contributed by atoms with van der Waals surface area (Å²) in [5.41, 5.74) is 3.28. The Morgan fingerprint density at radius 2 is 1.42 bits per heavy atom. The van der Waals surface area contributed by atoms with E-state index in [9.17, 15) is 9.90 Å². The number of ketones is 1. The van der Waals surface area contributed by atoms with Gasteiger partial charge < -0.3 is 21.1 Å². The van der Waals surface area contributed by atoms with Crippen LogP contribution in [-0.2, 0) is 4.79 Å². The van der Waals surface area contributed by atoms with E-state index in [-0.39, 0.29) is 11.5 Å². The summed E-state index contributed by atoms with van der Waals surface area (Å²) in [6, 6.07) is 20.0. The number of nitrogens with zero attached hydrogens (tertiary/aromatic N) is 1. The highest BCUT2D eigenvalue weighted by atomic mass is 16.3. The molecule has 2 heterocycles. The van der Waals surface area contributed by atoms with Crippen molar-refractivity contribution < 1.29 is 9.90 Å². The van der Waals surface area contributed by atoms with Gasteiger partial charge in [0.1, 0.15) is 17.1 Å². The summed E-state index contributed by atoms with van der Waals surface area (Å²) in [7, 11) is 0. The second kappa shape index (κ2) is 6.66. The van der Waals surface area contributed by atoms with Crippen molar-refractivity contribution >= 4 is 55.5 Å². The predicted octanol–water partition coefficient (Wildman–Crippen LogP) is 5.05. The van der Waals surface area contributed by atoms with Crippen LogP contribution < -0.4 is 26.5 Å². The lowest BCUT2D eigenvalue weighted by molar-refractivity contribution is -0.109. The van der Waals surface area contributed by atoms with Crippen LogP contribution in [0.15, 0.2) is 71.4 Å². The standard InChI is InChI=1S/C30H26N4O2/c1-29(2)31-19-9-5-7-15-11-13-17(25(33-29)21(15)19)23-27(35)24(28(23)36)18-14-12-16-8-6-10-20-22(16)26(18)34-30(3,4)32-20/h5-14,31-33,35H,1-4H3/b24-18-. The first-order valence-corrected chi connectivity index (χ1v) is 12.2. The van der Waals surface area contributed by atoms with Crippen molar-refractivity contribution in [1.82, 2.24) is 0 Å². The van der Waals surface area contributed by atoms with Crippen LogP contribution in [0.4, 0.5) is 17.1 Å². The number of allylic oxidation sites excluding steroid dienone is 2. The maximum absolute atomic E-state index is 13.8. The molecule has 7 rings (SSSR count). The van der Waals surface area contributed by atoms with Crippen LogP contribution in [0.3, 0.4) is 0 Å². The van der Waals surface area contributed by atoms with Crippen molar-refractivity contribution in [2.75, 3.05) is 16.0 Å². The molecule has 0 spiro atoms. The molecule has 1 aliphatic carbocycles. The number of benzene rings is 4. The fraction of sp³-hybridized carbons (Fsp3) is 0.200. The second-order valence-electron chi connectivity index (χ2n) is 10.9. The van der Waals surface area contributed by atoms with Crippen LogP contribution in [-0.4, -0.2) is 22.2 Å². The van der Waals surface area contributed by atoms with Crippen LogP contribution in [0.1, 0.15) is 33.3 Å². The van der Waals surface area contributed by atoms with Crippen LogP contribution in [0.25, 0.3) is 32.7 Å². The predicted molar refractivity (Wildman–Crippen MR) is 146 cm³/mol. The number of aliphatic hydroxyl groups is 1. The Bertz CT molecular complexity index is 1850. The number of anilines is 3. The Kier molecular flexibility index (Phi) is 3.89. The van der Waals surface area contributed by atoms with Crippen molar-refractivity contribution in [1.29, 1.82) is 0 Å². The molecular formula is C30H26N4O2. The van der Waals surface area contributed by atoms with Gasteiger partial charge in [0.15, 0.2) is 0 Å². The molecule has 178 valence electrons. The number of aliphatic hydroxyl groups excluding tert-OH is 1. The molecule has 0 amide bonds. The van der Waals surface area contributed by atoms with Crippen molar-refractivity contribution in [3.05, 3.63) is 82.6 Å². The van der Waals surface area contributed by atoms with E-state index in [0.29, 0.717) is 21.9 Å². The molecule has 3 aliphatic rings. The molecule has 6 heteroatoms. The molecule has 2 aliphatic heterocycles. The second-order valence-corrected chi connectivity index (χ2v) is 10.9. The van der Waals surface area contributed by atoms with E-state index < -0.39 is 11.3 Å². The van der Waals surface area contributed by atoms with Gasteiger partial charge in [-0.3, -0.25) is 9.79 Å². The van der Waals surface area contributed by atoms with Gasteiger partial charge in [-0.05, 0) is 50.6 Å². The Morgan fingerprint density at radius 3 is 2.14 bits per heavy atom. The van der Waals surface area contributed by atoms with Crippen LogP contribution >= 0.6 is 0 Å². The third-order valence-corrected chi connectivity index (χ3v) is 7.25. The van der Waals surface area contributed by atoms with E-state index >= 15 is 0 Å². The van der Waals surface area contributed by atoms with Crippen molar-refractivity contribution in [3.63, 3.8) is 0 Å².